The van der Waals surface area contributed by atoms with Gasteiger partial charge in [0, 0.05) is 0 Å². The second kappa shape index (κ2) is 5.76. The van der Waals surface area contributed by atoms with Gasteiger partial charge < -0.3 is 9.47 Å². The van der Waals surface area contributed by atoms with E-state index in [0.29, 0.717) is 25.9 Å². The highest BCUT2D eigenvalue weighted by Gasteiger charge is 2.70. The fourth-order valence-corrected chi connectivity index (χ4v) is 10.5. The van der Waals surface area contributed by atoms with Gasteiger partial charge in [0.1, 0.15) is 17.5 Å². The number of alkyl halides is 2. The largest absolute Gasteiger partial charge is 0.465 e. The molecule has 4 saturated carbocycles. The van der Waals surface area contributed by atoms with Crippen molar-refractivity contribution in [3.8, 4) is 0 Å². The first kappa shape index (κ1) is 19.4. The molecule has 2 saturated heterocycles. The van der Waals surface area contributed by atoms with E-state index >= 15 is 0 Å². The van der Waals surface area contributed by atoms with Crippen molar-refractivity contribution in [2.45, 2.75) is 57.5 Å². The maximum atomic E-state index is 13.7. The molecule has 2 heterocycles. The molecule has 1 spiro atoms. The monoisotopic (exact) mass is 456 g/mol. The molecule has 7 nitrogen and oxygen atoms in total. The number of hydrogen-bond acceptors (Lipinski definition) is 8. The van der Waals surface area contributed by atoms with Gasteiger partial charge >= 0.3 is 27.3 Å². The van der Waals surface area contributed by atoms with Crippen molar-refractivity contribution in [3.05, 3.63) is 0 Å². The first-order valence-electron chi connectivity index (χ1n) is 9.06. The van der Waals surface area contributed by atoms with Crippen molar-refractivity contribution in [2.24, 2.45) is 17.8 Å². The number of halogens is 2. The number of thioether (sulfide) groups is 2. The van der Waals surface area contributed by atoms with Gasteiger partial charge in [0.15, 0.2) is 0 Å². The highest BCUT2D eigenvalue weighted by Crippen LogP contribution is 2.73. The van der Waals surface area contributed by atoms with Crippen LogP contribution in [0, 0.1) is 17.8 Å². The Balaban J connectivity index is 1.40. The molecule has 0 aromatic heterocycles. The number of carbonyl (C=O) groups is 2. The number of fused-ring (bicyclic) bond motifs is 1. The van der Waals surface area contributed by atoms with Crippen LogP contribution >= 0.6 is 23.5 Å². The first-order chi connectivity index (χ1) is 13.0. The molecule has 28 heavy (non-hydrogen) atoms. The number of cyclic esters (lactones) is 1. The first-order valence-corrected chi connectivity index (χ1v) is 12.3. The molecule has 0 aromatic carbocycles. The van der Waals surface area contributed by atoms with Gasteiger partial charge in [0.25, 0.3) is 0 Å². The van der Waals surface area contributed by atoms with E-state index in [-0.39, 0.29) is 38.3 Å². The summed E-state index contributed by atoms with van der Waals surface area (Å²) >= 11 is 3.36. The number of carbonyl (C=O) groups excluding carboxylic acids is 2. The Morgan fingerprint density at radius 1 is 1.21 bits per heavy atom. The molecule has 6 rings (SSSR count). The Bertz CT molecular complexity index is 844. The van der Waals surface area contributed by atoms with Crippen LogP contribution in [0.4, 0.5) is 8.78 Å². The standard InChI is InChI=1S/C16H18F2O7S3/c17-16(18,28(21,22)23)13(20)25-14-3-7-1-8(4-14)15(9(2-7)5-14)26-10-6-24-12(19)11(10)27-15/h7-11H,1-6H2,(H,21,22,23). The fourth-order valence-electron chi connectivity index (χ4n) is 5.89. The van der Waals surface area contributed by atoms with E-state index in [2.05, 4.69) is 0 Å². The van der Waals surface area contributed by atoms with Gasteiger partial charge in [-0.3, -0.25) is 9.35 Å². The molecule has 6 fully saturated rings. The normalized spacial score (nSPS) is 46.7. The number of ether oxygens (including phenoxy) is 2. The third-order valence-electron chi connectivity index (χ3n) is 6.75. The van der Waals surface area contributed by atoms with E-state index in [9.17, 15) is 26.8 Å². The lowest BCUT2D eigenvalue weighted by Crippen LogP contribution is -2.62. The van der Waals surface area contributed by atoms with Crippen LogP contribution in [-0.2, 0) is 29.2 Å². The van der Waals surface area contributed by atoms with E-state index in [0.717, 1.165) is 12.8 Å². The summed E-state index contributed by atoms with van der Waals surface area (Å²) in [4.78, 5) is 23.9. The van der Waals surface area contributed by atoms with E-state index < -0.39 is 26.9 Å². The molecule has 12 heteroatoms. The lowest BCUT2D eigenvalue weighted by molar-refractivity contribution is -0.201. The van der Waals surface area contributed by atoms with Crippen molar-refractivity contribution in [1.29, 1.82) is 0 Å². The van der Waals surface area contributed by atoms with Crippen LogP contribution in [-0.4, -0.2) is 57.0 Å². The van der Waals surface area contributed by atoms with E-state index in [4.69, 9.17) is 14.0 Å². The van der Waals surface area contributed by atoms with Gasteiger partial charge in [-0.2, -0.15) is 17.2 Å². The van der Waals surface area contributed by atoms with Crippen molar-refractivity contribution in [2.75, 3.05) is 6.61 Å². The second-order valence-corrected chi connectivity index (χ2v) is 13.1. The Kier molecular flexibility index (Phi) is 3.99. The molecule has 4 bridgehead atoms. The highest BCUT2D eigenvalue weighted by molar-refractivity contribution is 8.22. The zero-order valence-corrected chi connectivity index (χ0v) is 17.0. The van der Waals surface area contributed by atoms with Gasteiger partial charge in [-0.15, -0.1) is 23.5 Å². The van der Waals surface area contributed by atoms with Gasteiger partial charge in [-0.1, -0.05) is 0 Å². The van der Waals surface area contributed by atoms with Crippen LogP contribution in [0.15, 0.2) is 0 Å². The molecule has 1 N–H and O–H groups in total. The fraction of sp³-hybridized carbons (Fsp3) is 0.875. The zero-order valence-electron chi connectivity index (χ0n) is 14.5. The quantitative estimate of drug-likeness (QED) is 0.504. The second-order valence-electron chi connectivity index (χ2n) is 8.45. The summed E-state index contributed by atoms with van der Waals surface area (Å²) in [6.07, 6.45) is 2.90. The molecule has 0 amide bonds. The molecule has 2 aliphatic heterocycles. The minimum Gasteiger partial charge on any atom is -0.464 e. The lowest BCUT2D eigenvalue weighted by Gasteiger charge is -2.63. The summed E-state index contributed by atoms with van der Waals surface area (Å²) in [5.41, 5.74) is -1.13. The molecule has 6 aliphatic rings. The molecular weight excluding hydrogens is 438 g/mol. The smallest absolute Gasteiger partial charge is 0.464 e. The average Bonchev–Trinajstić information content (AvgIpc) is 3.11. The minimum absolute atomic E-state index is 0.0809. The summed E-state index contributed by atoms with van der Waals surface area (Å²) in [6.45, 7) is 0.381. The summed E-state index contributed by atoms with van der Waals surface area (Å²) in [5.74, 6) is -2.04. The number of esters is 2. The van der Waals surface area contributed by atoms with E-state index in [1.807, 2.05) is 0 Å². The van der Waals surface area contributed by atoms with Gasteiger partial charge in [-0.25, -0.2) is 4.79 Å². The SMILES string of the molecule is O=C1OCC2SC3(SC12)C1CC2CC3CC(OC(=O)C(F)(F)S(=O)(=O)O)(C2)C1. The van der Waals surface area contributed by atoms with Crippen molar-refractivity contribution >= 4 is 45.6 Å². The van der Waals surface area contributed by atoms with Crippen LogP contribution in [0.5, 0.6) is 0 Å². The summed E-state index contributed by atoms with van der Waals surface area (Å²) in [7, 11) is -5.89. The third-order valence-corrected chi connectivity index (χ3v) is 11.9. The Labute approximate surface area is 168 Å². The van der Waals surface area contributed by atoms with Crippen molar-refractivity contribution in [1.82, 2.24) is 0 Å². The Morgan fingerprint density at radius 3 is 2.43 bits per heavy atom. The van der Waals surface area contributed by atoms with E-state index in [1.54, 1.807) is 23.5 Å². The van der Waals surface area contributed by atoms with Crippen LogP contribution in [0.2, 0.25) is 0 Å². The van der Waals surface area contributed by atoms with Crippen LogP contribution in [0.25, 0.3) is 0 Å². The Hall–Kier alpha value is -0.590. The average molecular weight is 457 g/mol. The summed E-state index contributed by atoms with van der Waals surface area (Å²) in [5, 5.41) is -5.12. The summed E-state index contributed by atoms with van der Waals surface area (Å²) < 4.78 is 67.9. The van der Waals surface area contributed by atoms with E-state index in [1.165, 1.54) is 0 Å². The molecule has 156 valence electrons. The molecule has 0 radical (unpaired) electrons. The highest BCUT2D eigenvalue weighted by atomic mass is 32.2. The van der Waals surface area contributed by atoms with Gasteiger partial charge in [0.2, 0.25) is 0 Å². The maximum absolute atomic E-state index is 13.7. The molecular formula is C16H18F2O7S3. The van der Waals surface area contributed by atoms with Crippen molar-refractivity contribution in [3.63, 3.8) is 0 Å². The summed E-state index contributed by atoms with van der Waals surface area (Å²) in [6, 6.07) is 0. The third kappa shape index (κ3) is 2.53. The van der Waals surface area contributed by atoms with Crippen molar-refractivity contribution < 1.29 is 40.8 Å². The number of hydrogen-bond donors (Lipinski definition) is 1. The van der Waals surface area contributed by atoms with Crippen LogP contribution in [0.3, 0.4) is 0 Å². The maximum Gasteiger partial charge on any atom is 0.465 e. The number of rotatable bonds is 3. The molecule has 4 atom stereocenters. The topological polar surface area (TPSA) is 107 Å². The lowest BCUT2D eigenvalue weighted by atomic mass is 9.53. The van der Waals surface area contributed by atoms with Crippen LogP contribution < -0.4 is 0 Å². The minimum atomic E-state index is -5.89. The predicted octanol–water partition coefficient (Wildman–Crippen LogP) is 2.06. The predicted molar refractivity (Wildman–Crippen MR) is 95.3 cm³/mol. The van der Waals surface area contributed by atoms with Crippen LogP contribution in [0.1, 0.15) is 32.1 Å². The van der Waals surface area contributed by atoms with Gasteiger partial charge in [-0.05, 0) is 49.9 Å². The molecule has 4 unspecified atom stereocenters. The molecule has 4 aliphatic carbocycles. The zero-order chi connectivity index (χ0) is 20.1. The Morgan fingerprint density at radius 2 is 1.86 bits per heavy atom. The molecule has 0 aromatic rings. The van der Waals surface area contributed by atoms with Gasteiger partial charge in [0.05, 0.1) is 9.33 Å².